The molecule has 2 heterocycles. The number of esters is 1. The molecule has 0 spiro atoms. The summed E-state index contributed by atoms with van der Waals surface area (Å²) in [6, 6.07) is 24.2. The smallest absolute Gasteiger partial charge is 0.338 e. The van der Waals surface area contributed by atoms with Crippen molar-refractivity contribution in [1.82, 2.24) is 4.57 Å². The summed E-state index contributed by atoms with van der Waals surface area (Å²) in [5.74, 6) is 0.933. The van der Waals surface area contributed by atoms with Crippen LogP contribution in [0.25, 0.3) is 6.08 Å². The Balaban J connectivity index is 1.51. The molecule has 0 unspecified atom stereocenters. The summed E-state index contributed by atoms with van der Waals surface area (Å²) in [5, 5.41) is 0. The summed E-state index contributed by atoms with van der Waals surface area (Å²) in [4.78, 5) is 32.2. The fourth-order valence-corrected chi connectivity index (χ4v) is 5.56. The van der Waals surface area contributed by atoms with Gasteiger partial charge in [-0.2, -0.15) is 0 Å². The Morgan fingerprint density at radius 1 is 1.00 bits per heavy atom. The number of rotatable bonds is 8. The summed E-state index contributed by atoms with van der Waals surface area (Å²) in [7, 11) is 1.59. The van der Waals surface area contributed by atoms with Crippen molar-refractivity contribution >= 4 is 23.4 Å². The van der Waals surface area contributed by atoms with Crippen LogP contribution in [0.1, 0.15) is 43.5 Å². The first-order valence-corrected chi connectivity index (χ1v) is 13.8. The second-order valence-electron chi connectivity index (χ2n) is 9.65. The summed E-state index contributed by atoms with van der Waals surface area (Å²) >= 11 is 1.29. The molecule has 3 aromatic carbocycles. The zero-order valence-electron chi connectivity index (χ0n) is 22.8. The molecule has 1 aliphatic rings. The average molecular weight is 555 g/mol. The van der Waals surface area contributed by atoms with Crippen LogP contribution in [0.3, 0.4) is 0 Å². The lowest BCUT2D eigenvalue weighted by Gasteiger charge is -2.25. The molecule has 1 atom stereocenters. The molecule has 7 nitrogen and oxygen atoms in total. The Bertz CT molecular complexity index is 1720. The van der Waals surface area contributed by atoms with Gasteiger partial charge >= 0.3 is 5.97 Å². The van der Waals surface area contributed by atoms with Gasteiger partial charge in [0.15, 0.2) is 4.80 Å². The van der Waals surface area contributed by atoms with Crippen LogP contribution >= 0.6 is 11.3 Å². The molecule has 0 aliphatic carbocycles. The SMILES string of the molecule is COc1ccc([C@H]2C(C(=O)OC(C)C)=C(C)N=c3s/c(=C\c4ccc(OCc5ccccc5)cc4)c(=O)n32)cc1. The third kappa shape index (κ3) is 5.77. The molecule has 1 aromatic heterocycles. The zero-order chi connectivity index (χ0) is 28.2. The molecule has 8 heteroatoms. The van der Waals surface area contributed by atoms with Gasteiger partial charge in [-0.05, 0) is 67.8 Å². The Kier molecular flexibility index (Phi) is 7.98. The molecule has 0 saturated carbocycles. The van der Waals surface area contributed by atoms with Crippen molar-refractivity contribution in [3.8, 4) is 11.5 Å². The maximum absolute atomic E-state index is 13.8. The molecule has 1 aliphatic heterocycles. The maximum atomic E-state index is 13.8. The highest BCUT2D eigenvalue weighted by atomic mass is 32.1. The Labute approximate surface area is 236 Å². The molecule has 0 amide bonds. The van der Waals surface area contributed by atoms with Gasteiger partial charge in [-0.15, -0.1) is 0 Å². The van der Waals surface area contributed by atoms with Crippen LogP contribution in [0.4, 0.5) is 0 Å². The number of hydrogen-bond donors (Lipinski definition) is 0. The molecular weight excluding hydrogens is 524 g/mol. The molecule has 0 fully saturated rings. The molecule has 0 radical (unpaired) electrons. The number of allylic oxidation sites excluding steroid dienone is 1. The minimum Gasteiger partial charge on any atom is -0.497 e. The first-order valence-electron chi connectivity index (χ1n) is 13.0. The van der Waals surface area contributed by atoms with Gasteiger partial charge in [-0.25, -0.2) is 9.79 Å². The van der Waals surface area contributed by atoms with E-state index in [9.17, 15) is 9.59 Å². The molecular formula is C32H30N2O5S. The van der Waals surface area contributed by atoms with Gasteiger partial charge in [0.2, 0.25) is 0 Å². The molecule has 0 N–H and O–H groups in total. The van der Waals surface area contributed by atoms with E-state index in [1.54, 1.807) is 32.4 Å². The van der Waals surface area contributed by atoms with Crippen LogP contribution in [0.5, 0.6) is 11.5 Å². The normalized spacial score (nSPS) is 15.0. The highest BCUT2D eigenvalue weighted by molar-refractivity contribution is 7.07. The lowest BCUT2D eigenvalue weighted by molar-refractivity contribution is -0.143. The molecule has 4 aromatic rings. The minimum atomic E-state index is -0.677. The van der Waals surface area contributed by atoms with E-state index >= 15 is 0 Å². The van der Waals surface area contributed by atoms with Crippen molar-refractivity contribution in [2.24, 2.45) is 4.99 Å². The number of fused-ring (bicyclic) bond motifs is 1. The van der Waals surface area contributed by atoms with Crippen molar-refractivity contribution in [3.05, 3.63) is 127 Å². The lowest BCUT2D eigenvalue weighted by Crippen LogP contribution is -2.40. The van der Waals surface area contributed by atoms with Crippen molar-refractivity contribution in [2.75, 3.05) is 7.11 Å². The quantitative estimate of drug-likeness (QED) is 0.293. The van der Waals surface area contributed by atoms with Crippen LogP contribution in [-0.2, 0) is 16.1 Å². The number of hydrogen-bond acceptors (Lipinski definition) is 7. The number of benzene rings is 3. The first-order chi connectivity index (χ1) is 19.3. The maximum Gasteiger partial charge on any atom is 0.338 e. The van der Waals surface area contributed by atoms with Crippen LogP contribution < -0.4 is 24.4 Å². The number of carbonyl (C=O) groups is 1. The van der Waals surface area contributed by atoms with Crippen molar-refractivity contribution in [1.29, 1.82) is 0 Å². The van der Waals surface area contributed by atoms with Crippen LogP contribution in [0.15, 0.2) is 99.9 Å². The number of nitrogens with zero attached hydrogens (tertiary/aromatic N) is 2. The summed E-state index contributed by atoms with van der Waals surface area (Å²) in [6.07, 6.45) is 1.52. The van der Waals surface area contributed by atoms with Crippen LogP contribution in [0, 0.1) is 0 Å². The van der Waals surface area contributed by atoms with Crippen molar-refractivity contribution < 1.29 is 19.0 Å². The predicted molar refractivity (Wildman–Crippen MR) is 155 cm³/mol. The third-order valence-corrected chi connectivity index (χ3v) is 7.43. The number of aromatic nitrogens is 1. The first kappa shape index (κ1) is 27.1. The molecule has 5 rings (SSSR count). The number of carbonyl (C=O) groups excluding carboxylic acids is 1. The van der Waals surface area contributed by atoms with E-state index in [0.29, 0.717) is 33.0 Å². The highest BCUT2D eigenvalue weighted by Gasteiger charge is 2.33. The molecule has 204 valence electrons. The summed E-state index contributed by atoms with van der Waals surface area (Å²) in [5.41, 5.74) is 3.35. The van der Waals surface area contributed by atoms with Crippen LogP contribution in [0.2, 0.25) is 0 Å². The van der Waals surface area contributed by atoms with E-state index in [1.165, 1.54) is 11.3 Å². The van der Waals surface area contributed by atoms with Gasteiger partial charge in [0.05, 0.1) is 35.1 Å². The molecule has 0 bridgehead atoms. The van der Waals surface area contributed by atoms with E-state index in [1.807, 2.05) is 84.9 Å². The second-order valence-corrected chi connectivity index (χ2v) is 10.7. The number of thiazole rings is 1. The topological polar surface area (TPSA) is 79.1 Å². The third-order valence-electron chi connectivity index (χ3n) is 6.44. The molecule has 40 heavy (non-hydrogen) atoms. The lowest BCUT2D eigenvalue weighted by atomic mass is 9.96. The Morgan fingerprint density at radius 2 is 1.68 bits per heavy atom. The van der Waals surface area contributed by atoms with E-state index in [-0.39, 0.29) is 11.7 Å². The largest absolute Gasteiger partial charge is 0.497 e. The fraction of sp³-hybridized carbons (Fsp3) is 0.219. The van der Waals surface area contributed by atoms with Gasteiger partial charge in [0, 0.05) is 0 Å². The molecule has 0 saturated heterocycles. The second kappa shape index (κ2) is 11.8. The fourth-order valence-electron chi connectivity index (χ4n) is 4.51. The van der Waals surface area contributed by atoms with Gasteiger partial charge in [0.25, 0.3) is 5.56 Å². The minimum absolute atomic E-state index is 0.226. The Morgan fingerprint density at radius 3 is 2.33 bits per heavy atom. The average Bonchev–Trinajstić information content (AvgIpc) is 3.26. The highest BCUT2D eigenvalue weighted by Crippen LogP contribution is 2.32. The van der Waals surface area contributed by atoms with E-state index in [4.69, 9.17) is 14.2 Å². The van der Waals surface area contributed by atoms with Gasteiger partial charge < -0.3 is 14.2 Å². The van der Waals surface area contributed by atoms with Gasteiger partial charge in [-0.1, -0.05) is 65.9 Å². The number of ether oxygens (including phenoxy) is 3. The van der Waals surface area contributed by atoms with Crippen LogP contribution in [-0.4, -0.2) is 23.8 Å². The van der Waals surface area contributed by atoms with Crippen molar-refractivity contribution in [2.45, 2.75) is 39.5 Å². The zero-order valence-corrected chi connectivity index (χ0v) is 23.6. The standard InChI is InChI=1S/C32H30N2O5S/c1-20(2)39-31(36)28-21(3)33-32-34(29(28)24-12-16-25(37-4)17-13-24)30(35)27(40-32)18-22-10-14-26(15-11-22)38-19-23-8-6-5-7-9-23/h5-18,20,29H,19H2,1-4H3/b27-18-/t29-/m0/s1. The predicted octanol–water partition coefficient (Wildman–Crippen LogP) is 4.77. The summed E-state index contributed by atoms with van der Waals surface area (Å²) in [6.45, 7) is 5.84. The Hall–Kier alpha value is -4.43. The van der Waals surface area contributed by atoms with Gasteiger partial charge in [-0.3, -0.25) is 9.36 Å². The summed E-state index contributed by atoms with van der Waals surface area (Å²) < 4.78 is 18.9. The monoisotopic (exact) mass is 554 g/mol. The van der Waals surface area contributed by atoms with E-state index in [0.717, 1.165) is 22.4 Å². The van der Waals surface area contributed by atoms with Crippen molar-refractivity contribution in [3.63, 3.8) is 0 Å². The van der Waals surface area contributed by atoms with E-state index < -0.39 is 12.0 Å². The van der Waals surface area contributed by atoms with Gasteiger partial charge in [0.1, 0.15) is 18.1 Å². The number of methoxy groups -OCH3 is 1. The van der Waals surface area contributed by atoms with E-state index in [2.05, 4.69) is 4.99 Å².